The lowest BCUT2D eigenvalue weighted by Gasteiger charge is -2.11. The minimum atomic E-state index is -0.213. The molecule has 0 atom stereocenters. The fourth-order valence-corrected chi connectivity index (χ4v) is 3.35. The molecule has 1 heterocycles. The second-order valence-electron chi connectivity index (χ2n) is 7.44. The van der Waals surface area contributed by atoms with Gasteiger partial charge in [0.1, 0.15) is 12.4 Å². The SMILES string of the molecule is Cc1cc(OCc2cccc(C#N)c2)ccc1NC(=O)c1cn(-c2ccccc2)nc1C. The van der Waals surface area contributed by atoms with E-state index in [-0.39, 0.29) is 5.91 Å². The number of nitrogens with zero attached hydrogens (tertiary/aromatic N) is 3. The van der Waals surface area contributed by atoms with Gasteiger partial charge in [-0.15, -0.1) is 0 Å². The predicted octanol–water partition coefficient (Wildman–Crippen LogP) is 5.19. The van der Waals surface area contributed by atoms with Gasteiger partial charge in [0.2, 0.25) is 0 Å². The van der Waals surface area contributed by atoms with Gasteiger partial charge in [-0.3, -0.25) is 4.79 Å². The van der Waals surface area contributed by atoms with E-state index in [1.165, 1.54) is 0 Å². The Labute approximate surface area is 186 Å². The molecular weight excluding hydrogens is 400 g/mol. The van der Waals surface area contributed by atoms with Crippen LogP contribution in [0.1, 0.15) is 32.7 Å². The van der Waals surface area contributed by atoms with Gasteiger partial charge in [-0.05, 0) is 67.4 Å². The summed E-state index contributed by atoms with van der Waals surface area (Å²) in [5.74, 6) is 0.478. The van der Waals surface area contributed by atoms with Crippen molar-refractivity contribution in [1.82, 2.24) is 9.78 Å². The van der Waals surface area contributed by atoms with Crippen molar-refractivity contribution in [3.8, 4) is 17.5 Å². The van der Waals surface area contributed by atoms with Crippen molar-refractivity contribution in [1.29, 1.82) is 5.26 Å². The molecule has 0 saturated heterocycles. The van der Waals surface area contributed by atoms with Gasteiger partial charge < -0.3 is 10.1 Å². The van der Waals surface area contributed by atoms with Gasteiger partial charge >= 0.3 is 0 Å². The molecule has 0 aliphatic rings. The minimum absolute atomic E-state index is 0.213. The molecule has 1 aromatic heterocycles. The van der Waals surface area contributed by atoms with Gasteiger partial charge in [0.25, 0.3) is 5.91 Å². The molecule has 0 saturated carbocycles. The van der Waals surface area contributed by atoms with E-state index >= 15 is 0 Å². The molecule has 6 heteroatoms. The van der Waals surface area contributed by atoms with Crippen molar-refractivity contribution in [2.45, 2.75) is 20.5 Å². The highest BCUT2D eigenvalue weighted by Crippen LogP contribution is 2.23. The molecule has 4 rings (SSSR count). The second kappa shape index (κ2) is 9.19. The number of para-hydroxylation sites is 1. The number of anilines is 1. The number of aryl methyl sites for hydroxylation is 2. The van der Waals surface area contributed by atoms with E-state index in [9.17, 15) is 4.79 Å². The average Bonchev–Trinajstić information content (AvgIpc) is 3.21. The third-order valence-corrected chi connectivity index (χ3v) is 5.07. The molecule has 0 fully saturated rings. The van der Waals surface area contributed by atoms with Crippen LogP contribution in [0.5, 0.6) is 5.75 Å². The Hall–Kier alpha value is -4.37. The molecule has 0 aliphatic heterocycles. The van der Waals surface area contributed by atoms with Crippen LogP contribution in [-0.2, 0) is 6.61 Å². The standard InChI is InChI=1S/C26H22N4O2/c1-18-13-23(32-17-21-8-6-7-20(14-21)15-27)11-12-25(18)28-26(31)24-16-30(29-19(24)2)22-9-4-3-5-10-22/h3-14,16H,17H2,1-2H3,(H,28,31). The zero-order chi connectivity index (χ0) is 22.5. The summed E-state index contributed by atoms with van der Waals surface area (Å²) in [5.41, 5.74) is 5.19. The highest BCUT2D eigenvalue weighted by atomic mass is 16.5. The number of carbonyl (C=O) groups is 1. The molecule has 4 aromatic rings. The highest BCUT2D eigenvalue weighted by molar-refractivity contribution is 6.05. The van der Waals surface area contributed by atoms with Crippen molar-refractivity contribution in [3.05, 3.63) is 107 Å². The number of carbonyl (C=O) groups excluding carboxylic acids is 1. The summed E-state index contributed by atoms with van der Waals surface area (Å²) in [5, 5.41) is 16.4. The molecule has 1 N–H and O–H groups in total. The van der Waals surface area contributed by atoms with Crippen LogP contribution >= 0.6 is 0 Å². The molecule has 0 unspecified atom stereocenters. The van der Waals surface area contributed by atoms with Crippen molar-refractivity contribution in [2.24, 2.45) is 0 Å². The summed E-state index contributed by atoms with van der Waals surface area (Å²) in [7, 11) is 0. The summed E-state index contributed by atoms with van der Waals surface area (Å²) in [6, 6.07) is 24.6. The number of rotatable bonds is 6. The topological polar surface area (TPSA) is 79.9 Å². The fraction of sp³-hybridized carbons (Fsp3) is 0.115. The maximum absolute atomic E-state index is 12.9. The summed E-state index contributed by atoms with van der Waals surface area (Å²) < 4.78 is 7.56. The second-order valence-corrected chi connectivity index (χ2v) is 7.44. The molecule has 3 aromatic carbocycles. The van der Waals surface area contributed by atoms with Crippen LogP contribution in [0.4, 0.5) is 5.69 Å². The average molecular weight is 422 g/mol. The molecule has 0 radical (unpaired) electrons. The number of hydrogen-bond acceptors (Lipinski definition) is 4. The Balaban J connectivity index is 1.44. The molecule has 158 valence electrons. The van der Waals surface area contributed by atoms with Gasteiger partial charge in [0.05, 0.1) is 28.6 Å². The highest BCUT2D eigenvalue weighted by Gasteiger charge is 2.15. The van der Waals surface area contributed by atoms with Crippen LogP contribution in [0.3, 0.4) is 0 Å². The van der Waals surface area contributed by atoms with Crippen molar-refractivity contribution >= 4 is 11.6 Å². The fourth-order valence-electron chi connectivity index (χ4n) is 3.35. The number of benzene rings is 3. The number of nitrogens with one attached hydrogen (secondary N) is 1. The Kier molecular flexibility index (Phi) is 6.00. The summed E-state index contributed by atoms with van der Waals surface area (Å²) in [4.78, 5) is 12.9. The van der Waals surface area contributed by atoms with Gasteiger partial charge in [-0.2, -0.15) is 10.4 Å². The third-order valence-electron chi connectivity index (χ3n) is 5.07. The largest absolute Gasteiger partial charge is 0.489 e. The number of ether oxygens (including phenoxy) is 1. The molecule has 6 nitrogen and oxygen atoms in total. The lowest BCUT2D eigenvalue weighted by atomic mass is 10.1. The number of amides is 1. The van der Waals surface area contributed by atoms with Crippen LogP contribution in [0.15, 0.2) is 79.0 Å². The van der Waals surface area contributed by atoms with E-state index in [0.717, 1.165) is 16.8 Å². The minimum Gasteiger partial charge on any atom is -0.489 e. The zero-order valence-electron chi connectivity index (χ0n) is 17.9. The molecule has 32 heavy (non-hydrogen) atoms. The Morgan fingerprint density at radius 2 is 1.88 bits per heavy atom. The number of aromatic nitrogens is 2. The number of nitriles is 1. The lowest BCUT2D eigenvalue weighted by Crippen LogP contribution is -2.13. The van der Waals surface area contributed by atoms with Crippen LogP contribution in [-0.4, -0.2) is 15.7 Å². The lowest BCUT2D eigenvalue weighted by molar-refractivity contribution is 0.102. The van der Waals surface area contributed by atoms with E-state index in [4.69, 9.17) is 10.00 Å². The van der Waals surface area contributed by atoms with Crippen molar-refractivity contribution in [3.63, 3.8) is 0 Å². The molecule has 0 aliphatic carbocycles. The molecular formula is C26H22N4O2. The first-order valence-corrected chi connectivity index (χ1v) is 10.2. The van der Waals surface area contributed by atoms with Crippen molar-refractivity contribution < 1.29 is 9.53 Å². The number of hydrogen-bond donors (Lipinski definition) is 1. The Morgan fingerprint density at radius 3 is 2.62 bits per heavy atom. The normalized spacial score (nSPS) is 10.4. The maximum Gasteiger partial charge on any atom is 0.259 e. The van der Waals surface area contributed by atoms with Gasteiger partial charge in [-0.25, -0.2) is 4.68 Å². The molecule has 0 spiro atoms. The Bertz CT molecular complexity index is 1300. The Morgan fingerprint density at radius 1 is 1.06 bits per heavy atom. The van der Waals surface area contributed by atoms with Gasteiger partial charge in [0, 0.05) is 11.9 Å². The van der Waals surface area contributed by atoms with Gasteiger partial charge in [-0.1, -0.05) is 30.3 Å². The first-order chi connectivity index (χ1) is 15.5. The monoisotopic (exact) mass is 422 g/mol. The van der Waals surface area contributed by atoms with E-state index < -0.39 is 0 Å². The van der Waals surface area contributed by atoms with E-state index in [1.807, 2.05) is 74.5 Å². The maximum atomic E-state index is 12.9. The van der Waals surface area contributed by atoms with E-state index in [0.29, 0.717) is 34.9 Å². The zero-order valence-corrected chi connectivity index (χ0v) is 17.9. The van der Waals surface area contributed by atoms with Crippen LogP contribution in [0, 0.1) is 25.2 Å². The van der Waals surface area contributed by atoms with Gasteiger partial charge in [0.15, 0.2) is 0 Å². The smallest absolute Gasteiger partial charge is 0.259 e. The summed E-state index contributed by atoms with van der Waals surface area (Å²) in [6.07, 6.45) is 1.74. The van der Waals surface area contributed by atoms with Crippen LogP contribution in [0.2, 0.25) is 0 Å². The summed E-state index contributed by atoms with van der Waals surface area (Å²) in [6.45, 7) is 4.09. The van der Waals surface area contributed by atoms with Crippen LogP contribution in [0.25, 0.3) is 5.69 Å². The first kappa shape index (κ1) is 20.9. The van der Waals surface area contributed by atoms with E-state index in [2.05, 4.69) is 16.5 Å². The molecule has 0 bridgehead atoms. The summed E-state index contributed by atoms with van der Waals surface area (Å²) >= 11 is 0. The molecule has 1 amide bonds. The first-order valence-electron chi connectivity index (χ1n) is 10.2. The predicted molar refractivity (Wildman–Crippen MR) is 123 cm³/mol. The van der Waals surface area contributed by atoms with Crippen molar-refractivity contribution in [2.75, 3.05) is 5.32 Å². The van der Waals surface area contributed by atoms with E-state index in [1.54, 1.807) is 23.0 Å². The third kappa shape index (κ3) is 4.68. The van der Waals surface area contributed by atoms with Crippen LogP contribution < -0.4 is 10.1 Å². The quantitative estimate of drug-likeness (QED) is 0.464.